The molecular formula is C30H28BrNO6. The zero-order valence-corrected chi connectivity index (χ0v) is 22.3. The van der Waals surface area contributed by atoms with E-state index in [-0.39, 0.29) is 19.4 Å². The van der Waals surface area contributed by atoms with Gasteiger partial charge in [0.15, 0.2) is 0 Å². The smallest absolute Gasteiger partial charge is 0.307 e. The normalized spacial score (nSPS) is 13.2. The molecule has 196 valence electrons. The van der Waals surface area contributed by atoms with Crippen LogP contribution in [-0.4, -0.2) is 33.6 Å². The first-order valence-corrected chi connectivity index (χ1v) is 12.9. The van der Waals surface area contributed by atoms with Crippen molar-refractivity contribution < 1.29 is 29.3 Å². The number of hydrogen-bond acceptors (Lipinski definition) is 5. The van der Waals surface area contributed by atoms with E-state index in [4.69, 9.17) is 19.7 Å². The molecule has 0 aliphatic carbocycles. The third-order valence-electron chi connectivity index (χ3n) is 5.93. The van der Waals surface area contributed by atoms with E-state index in [1.165, 1.54) is 0 Å². The zero-order valence-electron chi connectivity index (χ0n) is 20.7. The topological polar surface area (TPSA) is 96.3 Å². The van der Waals surface area contributed by atoms with Gasteiger partial charge in [0.05, 0.1) is 12.8 Å². The minimum absolute atomic E-state index is 0.0140. The summed E-state index contributed by atoms with van der Waals surface area (Å²) in [7, 11) is 0. The van der Waals surface area contributed by atoms with Crippen molar-refractivity contribution in [1.82, 2.24) is 4.90 Å². The maximum atomic E-state index is 11.0. The summed E-state index contributed by atoms with van der Waals surface area (Å²) in [5.41, 5.74) is 4.45. The molecule has 0 saturated carbocycles. The van der Waals surface area contributed by atoms with Crippen LogP contribution in [0, 0.1) is 0 Å². The Bertz CT molecular complexity index is 1320. The van der Waals surface area contributed by atoms with E-state index in [2.05, 4.69) is 20.8 Å². The van der Waals surface area contributed by atoms with Crippen LogP contribution < -0.4 is 0 Å². The van der Waals surface area contributed by atoms with Crippen molar-refractivity contribution >= 4 is 27.9 Å². The van der Waals surface area contributed by atoms with E-state index in [9.17, 15) is 9.59 Å². The number of rotatable bonds is 12. The van der Waals surface area contributed by atoms with Crippen molar-refractivity contribution in [3.8, 4) is 0 Å². The Kier molecular flexibility index (Phi) is 9.21. The number of carbonyl (C=O) groups is 2. The highest BCUT2D eigenvalue weighted by molar-refractivity contribution is 9.12. The number of allylic oxidation sites excluding steroid dienone is 1. The van der Waals surface area contributed by atoms with Crippen LogP contribution in [0.1, 0.15) is 27.8 Å². The number of hydrogen-bond donors (Lipinski definition) is 2. The number of halogens is 1. The van der Waals surface area contributed by atoms with Gasteiger partial charge in [-0.3, -0.25) is 9.59 Å². The quantitative estimate of drug-likeness (QED) is 0.287. The molecule has 1 heterocycles. The van der Waals surface area contributed by atoms with E-state index in [1.807, 2.05) is 72.8 Å². The number of benzene rings is 3. The molecule has 7 nitrogen and oxygen atoms in total. The molecule has 0 spiro atoms. The Morgan fingerprint density at radius 1 is 0.711 bits per heavy atom. The van der Waals surface area contributed by atoms with Gasteiger partial charge in [0.25, 0.3) is 0 Å². The van der Waals surface area contributed by atoms with Gasteiger partial charge in [-0.25, -0.2) is 0 Å². The molecule has 0 atom stereocenters. The zero-order chi connectivity index (χ0) is 26.9. The predicted octanol–water partition coefficient (Wildman–Crippen LogP) is 5.64. The molecule has 0 fully saturated rings. The first-order valence-electron chi connectivity index (χ1n) is 12.1. The van der Waals surface area contributed by atoms with Crippen molar-refractivity contribution in [2.24, 2.45) is 0 Å². The highest BCUT2D eigenvalue weighted by Crippen LogP contribution is 2.32. The first-order chi connectivity index (χ1) is 18.4. The Morgan fingerprint density at radius 2 is 1.21 bits per heavy atom. The molecule has 1 aliphatic heterocycles. The Morgan fingerprint density at radius 3 is 1.79 bits per heavy atom. The van der Waals surface area contributed by atoms with Crippen LogP contribution in [0.5, 0.6) is 0 Å². The average Bonchev–Trinajstić information content (AvgIpc) is 2.90. The van der Waals surface area contributed by atoms with Crippen molar-refractivity contribution in [2.75, 3.05) is 6.54 Å². The summed E-state index contributed by atoms with van der Waals surface area (Å²) in [6, 6.07) is 24.7. The lowest BCUT2D eigenvalue weighted by Crippen LogP contribution is -2.29. The van der Waals surface area contributed by atoms with Crippen LogP contribution in [0.25, 0.3) is 0 Å². The standard InChI is InChI=1S/C30H28BrNO6/c31-29-26(37-19-24-4-2-1-3-5-24)14-15-32(18-23-10-6-21(7-11-23)16-27(33)34)30(29)38-20-25-12-8-22(9-13-25)17-28(35)36/h1-14H,15-20H2,(H,33,34)(H,35,36). The van der Waals surface area contributed by atoms with Gasteiger partial charge in [0.1, 0.15) is 23.5 Å². The third kappa shape index (κ3) is 7.73. The van der Waals surface area contributed by atoms with Gasteiger partial charge in [-0.1, -0.05) is 78.9 Å². The molecule has 3 aromatic rings. The van der Waals surface area contributed by atoms with E-state index < -0.39 is 11.9 Å². The fourth-order valence-corrected chi connectivity index (χ4v) is 4.64. The summed E-state index contributed by atoms with van der Waals surface area (Å²) in [5.74, 6) is -0.416. The van der Waals surface area contributed by atoms with Crippen LogP contribution in [-0.2, 0) is 51.7 Å². The minimum Gasteiger partial charge on any atom is -0.488 e. The number of carboxylic acids is 2. The maximum Gasteiger partial charge on any atom is 0.307 e. The third-order valence-corrected chi connectivity index (χ3v) is 6.66. The monoisotopic (exact) mass is 577 g/mol. The maximum absolute atomic E-state index is 11.0. The highest BCUT2D eigenvalue weighted by Gasteiger charge is 2.24. The van der Waals surface area contributed by atoms with Crippen molar-refractivity contribution in [3.05, 3.63) is 129 Å². The molecule has 0 saturated heterocycles. The van der Waals surface area contributed by atoms with Gasteiger partial charge in [-0.05, 0) is 49.8 Å². The second-order valence-electron chi connectivity index (χ2n) is 8.91. The SMILES string of the molecule is O=C(O)Cc1ccc(COC2=C(Br)C(OCc3ccccc3)=CCN2Cc2ccc(CC(=O)O)cc2)cc1. The van der Waals surface area contributed by atoms with Gasteiger partial charge in [-0.15, -0.1) is 0 Å². The number of ether oxygens (including phenoxy) is 2. The van der Waals surface area contributed by atoms with E-state index >= 15 is 0 Å². The summed E-state index contributed by atoms with van der Waals surface area (Å²) >= 11 is 3.69. The van der Waals surface area contributed by atoms with Crippen LogP contribution in [0.4, 0.5) is 0 Å². The van der Waals surface area contributed by atoms with Crippen molar-refractivity contribution in [1.29, 1.82) is 0 Å². The summed E-state index contributed by atoms with van der Waals surface area (Å²) in [4.78, 5) is 24.0. The Labute approximate surface area is 229 Å². The number of carboxylic acid groups (broad SMARTS) is 2. The fraction of sp³-hybridized carbons (Fsp3) is 0.200. The van der Waals surface area contributed by atoms with Crippen LogP contribution in [0.2, 0.25) is 0 Å². The van der Waals surface area contributed by atoms with Crippen molar-refractivity contribution in [2.45, 2.75) is 32.6 Å². The van der Waals surface area contributed by atoms with Crippen LogP contribution in [0.3, 0.4) is 0 Å². The average molecular weight is 578 g/mol. The van der Waals surface area contributed by atoms with Crippen LogP contribution >= 0.6 is 15.9 Å². The van der Waals surface area contributed by atoms with E-state index in [1.54, 1.807) is 12.1 Å². The molecule has 0 amide bonds. The van der Waals surface area contributed by atoms with Gasteiger partial charge in [-0.2, -0.15) is 0 Å². The largest absolute Gasteiger partial charge is 0.488 e. The second kappa shape index (κ2) is 13.0. The first kappa shape index (κ1) is 27.0. The van der Waals surface area contributed by atoms with E-state index in [0.717, 1.165) is 27.8 Å². The lowest BCUT2D eigenvalue weighted by molar-refractivity contribution is -0.137. The molecule has 0 radical (unpaired) electrons. The Hall–Kier alpha value is -4.04. The molecule has 0 unspecified atom stereocenters. The molecule has 8 heteroatoms. The minimum atomic E-state index is -0.869. The lowest BCUT2D eigenvalue weighted by Gasteiger charge is -2.31. The summed E-state index contributed by atoms with van der Waals surface area (Å²) in [6.45, 7) is 1.82. The lowest BCUT2D eigenvalue weighted by atomic mass is 10.1. The molecule has 1 aliphatic rings. The summed E-state index contributed by atoms with van der Waals surface area (Å²) in [6.07, 6.45) is 1.96. The predicted molar refractivity (Wildman–Crippen MR) is 146 cm³/mol. The molecule has 4 rings (SSSR count). The molecule has 0 aromatic heterocycles. The van der Waals surface area contributed by atoms with Crippen molar-refractivity contribution in [3.63, 3.8) is 0 Å². The molecule has 0 bridgehead atoms. The number of nitrogens with zero attached hydrogens (tertiary/aromatic N) is 1. The molecular weight excluding hydrogens is 550 g/mol. The van der Waals surface area contributed by atoms with Gasteiger partial charge < -0.3 is 24.6 Å². The van der Waals surface area contributed by atoms with Gasteiger partial charge >= 0.3 is 11.9 Å². The fourth-order valence-electron chi connectivity index (χ4n) is 4.00. The summed E-state index contributed by atoms with van der Waals surface area (Å²) in [5, 5.41) is 18.0. The number of aliphatic carboxylic acids is 2. The molecule has 2 N–H and O–H groups in total. The van der Waals surface area contributed by atoms with E-state index in [0.29, 0.717) is 35.8 Å². The molecule has 3 aromatic carbocycles. The molecule has 38 heavy (non-hydrogen) atoms. The van der Waals surface area contributed by atoms with Gasteiger partial charge in [0.2, 0.25) is 5.88 Å². The second-order valence-corrected chi connectivity index (χ2v) is 9.70. The Balaban J connectivity index is 1.50. The highest BCUT2D eigenvalue weighted by atomic mass is 79.9. The van der Waals surface area contributed by atoms with Gasteiger partial charge in [0, 0.05) is 13.1 Å². The summed E-state index contributed by atoms with van der Waals surface area (Å²) < 4.78 is 13.1. The van der Waals surface area contributed by atoms with Crippen LogP contribution in [0.15, 0.2) is 101 Å².